The van der Waals surface area contributed by atoms with E-state index in [1.165, 1.54) is 5.56 Å². The minimum absolute atomic E-state index is 0.858. The zero-order chi connectivity index (χ0) is 9.10. The van der Waals surface area contributed by atoms with Crippen LogP contribution in [0.4, 0.5) is 0 Å². The Balaban J connectivity index is 2.47. The summed E-state index contributed by atoms with van der Waals surface area (Å²) in [6, 6.07) is 12.2. The molecular weight excluding hydrogens is 162 g/mol. The third kappa shape index (κ3) is 1.47. The fourth-order valence-corrected chi connectivity index (χ4v) is 1.40. The molecule has 0 atom stereocenters. The Bertz CT molecular complexity index is 378. The first-order chi connectivity index (χ1) is 6.42. The van der Waals surface area contributed by atoms with E-state index < -0.39 is 0 Å². The maximum atomic E-state index is 5.28. The third-order valence-electron chi connectivity index (χ3n) is 2.04. The standard InChI is InChI=1S/C11H12NO/c1-2-12-11(8-9-13-12)10-6-4-3-5-7-10/h3-9H,2H2,1H3/q+1. The lowest BCUT2D eigenvalue weighted by molar-refractivity contribution is -0.852. The molecular formula is C11H12NO+. The van der Waals surface area contributed by atoms with Crippen LogP contribution in [0.3, 0.4) is 0 Å². The minimum atomic E-state index is 0.858. The van der Waals surface area contributed by atoms with E-state index in [1.807, 2.05) is 29.0 Å². The van der Waals surface area contributed by atoms with E-state index in [-0.39, 0.29) is 0 Å². The summed E-state index contributed by atoms with van der Waals surface area (Å²) in [7, 11) is 0. The summed E-state index contributed by atoms with van der Waals surface area (Å²) in [5.74, 6) is 0. The molecule has 66 valence electrons. The van der Waals surface area contributed by atoms with Crippen LogP contribution >= 0.6 is 0 Å². The molecule has 2 heteroatoms. The number of hydrogen-bond donors (Lipinski definition) is 0. The molecule has 0 aliphatic heterocycles. The minimum Gasteiger partial charge on any atom is -0.244 e. The summed E-state index contributed by atoms with van der Waals surface area (Å²) in [6.45, 7) is 2.92. The van der Waals surface area contributed by atoms with Gasteiger partial charge in [0.15, 0.2) is 12.8 Å². The fourth-order valence-electron chi connectivity index (χ4n) is 1.40. The SMILES string of the molecule is CC[n+]1occc1-c1ccccc1. The molecule has 0 spiro atoms. The van der Waals surface area contributed by atoms with Gasteiger partial charge in [-0.1, -0.05) is 18.2 Å². The maximum absolute atomic E-state index is 5.28. The predicted molar refractivity (Wildman–Crippen MR) is 50.0 cm³/mol. The molecule has 0 amide bonds. The van der Waals surface area contributed by atoms with Crippen LogP contribution in [0, 0.1) is 0 Å². The van der Waals surface area contributed by atoms with Crippen molar-refractivity contribution in [1.82, 2.24) is 0 Å². The molecule has 2 aromatic rings. The van der Waals surface area contributed by atoms with Crippen LogP contribution in [0.5, 0.6) is 0 Å². The summed E-state index contributed by atoms with van der Waals surface area (Å²) in [5.41, 5.74) is 2.32. The molecule has 0 aliphatic carbocycles. The van der Waals surface area contributed by atoms with E-state index in [9.17, 15) is 0 Å². The molecule has 13 heavy (non-hydrogen) atoms. The van der Waals surface area contributed by atoms with Gasteiger partial charge < -0.3 is 0 Å². The molecule has 0 N–H and O–H groups in total. The van der Waals surface area contributed by atoms with Crippen molar-refractivity contribution in [2.24, 2.45) is 0 Å². The lowest BCUT2D eigenvalue weighted by Crippen LogP contribution is -2.31. The topological polar surface area (TPSA) is 17.0 Å². The summed E-state index contributed by atoms with van der Waals surface area (Å²) in [5, 5.41) is 0. The molecule has 2 nitrogen and oxygen atoms in total. The molecule has 0 aliphatic rings. The van der Waals surface area contributed by atoms with Gasteiger partial charge in [0.25, 0.3) is 5.69 Å². The highest BCUT2D eigenvalue weighted by Gasteiger charge is 2.13. The molecule has 0 fully saturated rings. The van der Waals surface area contributed by atoms with Gasteiger partial charge in [-0.15, -0.1) is 0 Å². The Hall–Kier alpha value is -1.57. The quantitative estimate of drug-likeness (QED) is 0.638. The van der Waals surface area contributed by atoms with Crippen molar-refractivity contribution >= 4 is 0 Å². The van der Waals surface area contributed by atoms with Crippen LogP contribution in [0.2, 0.25) is 0 Å². The lowest BCUT2D eigenvalue weighted by Gasteiger charge is -1.92. The van der Waals surface area contributed by atoms with Gasteiger partial charge in [0.05, 0.1) is 11.6 Å². The predicted octanol–water partition coefficient (Wildman–Crippen LogP) is 2.25. The number of aromatic nitrogens is 1. The number of aryl methyl sites for hydroxylation is 1. The zero-order valence-electron chi connectivity index (χ0n) is 7.60. The van der Waals surface area contributed by atoms with Crippen molar-refractivity contribution in [2.45, 2.75) is 13.5 Å². The third-order valence-corrected chi connectivity index (χ3v) is 2.04. The first-order valence-electron chi connectivity index (χ1n) is 4.45. The smallest absolute Gasteiger partial charge is 0.244 e. The highest BCUT2D eigenvalue weighted by Crippen LogP contribution is 2.14. The Labute approximate surface area is 77.4 Å². The van der Waals surface area contributed by atoms with Gasteiger partial charge in [0.2, 0.25) is 0 Å². The molecule has 0 radical (unpaired) electrons. The normalized spacial score (nSPS) is 10.2. The van der Waals surface area contributed by atoms with Crippen LogP contribution in [0.25, 0.3) is 11.3 Å². The molecule has 0 unspecified atom stereocenters. The summed E-state index contributed by atoms with van der Waals surface area (Å²) in [6.07, 6.45) is 1.71. The Morgan fingerprint density at radius 1 is 1.15 bits per heavy atom. The number of hydrogen-bond acceptors (Lipinski definition) is 1. The van der Waals surface area contributed by atoms with Gasteiger partial charge in [0, 0.05) is 0 Å². The van der Waals surface area contributed by atoms with Crippen molar-refractivity contribution in [3.8, 4) is 11.3 Å². The maximum Gasteiger partial charge on any atom is 0.261 e. The van der Waals surface area contributed by atoms with Crippen LogP contribution in [-0.2, 0) is 6.54 Å². The monoisotopic (exact) mass is 174 g/mol. The number of nitrogens with zero attached hydrogens (tertiary/aromatic N) is 1. The average Bonchev–Trinajstić information content (AvgIpc) is 2.67. The highest BCUT2D eigenvalue weighted by atomic mass is 16.5. The number of rotatable bonds is 2. The first kappa shape index (κ1) is 8.05. The van der Waals surface area contributed by atoms with E-state index in [4.69, 9.17) is 4.52 Å². The van der Waals surface area contributed by atoms with Crippen LogP contribution in [-0.4, -0.2) is 0 Å². The van der Waals surface area contributed by atoms with Gasteiger partial charge in [0.1, 0.15) is 0 Å². The lowest BCUT2D eigenvalue weighted by atomic mass is 10.1. The van der Waals surface area contributed by atoms with Gasteiger partial charge in [-0.2, -0.15) is 0 Å². The second-order valence-corrected chi connectivity index (χ2v) is 2.85. The van der Waals surface area contributed by atoms with Gasteiger partial charge in [-0.3, -0.25) is 0 Å². The molecule has 1 aromatic heterocycles. The van der Waals surface area contributed by atoms with Gasteiger partial charge in [-0.25, -0.2) is 4.52 Å². The molecule has 0 saturated heterocycles. The Morgan fingerprint density at radius 3 is 2.62 bits per heavy atom. The van der Waals surface area contributed by atoms with Crippen molar-refractivity contribution in [3.05, 3.63) is 42.7 Å². The molecule has 0 saturated carbocycles. The fraction of sp³-hybridized carbons (Fsp3) is 0.182. The van der Waals surface area contributed by atoms with Crippen molar-refractivity contribution in [1.29, 1.82) is 0 Å². The highest BCUT2D eigenvalue weighted by molar-refractivity contribution is 5.54. The van der Waals surface area contributed by atoms with E-state index in [1.54, 1.807) is 6.26 Å². The zero-order valence-corrected chi connectivity index (χ0v) is 7.60. The van der Waals surface area contributed by atoms with Crippen molar-refractivity contribution in [3.63, 3.8) is 0 Å². The second kappa shape index (κ2) is 3.44. The molecule has 1 aromatic carbocycles. The van der Waals surface area contributed by atoms with Gasteiger partial charge >= 0.3 is 0 Å². The van der Waals surface area contributed by atoms with Crippen molar-refractivity contribution < 1.29 is 9.26 Å². The van der Waals surface area contributed by atoms with E-state index in [2.05, 4.69) is 19.1 Å². The molecule has 2 rings (SSSR count). The Kier molecular flexibility index (Phi) is 2.13. The summed E-state index contributed by atoms with van der Waals surface area (Å²) in [4.78, 5) is 0. The second-order valence-electron chi connectivity index (χ2n) is 2.85. The van der Waals surface area contributed by atoms with Crippen LogP contribution in [0.15, 0.2) is 47.2 Å². The van der Waals surface area contributed by atoms with E-state index >= 15 is 0 Å². The van der Waals surface area contributed by atoms with Crippen LogP contribution < -0.4 is 4.74 Å². The first-order valence-corrected chi connectivity index (χ1v) is 4.45. The largest absolute Gasteiger partial charge is 0.261 e. The van der Waals surface area contributed by atoms with Crippen molar-refractivity contribution in [2.75, 3.05) is 0 Å². The Morgan fingerprint density at radius 2 is 1.92 bits per heavy atom. The van der Waals surface area contributed by atoms with Crippen LogP contribution in [0.1, 0.15) is 6.92 Å². The summed E-state index contributed by atoms with van der Waals surface area (Å²) < 4.78 is 7.16. The van der Waals surface area contributed by atoms with E-state index in [0.717, 1.165) is 12.2 Å². The average molecular weight is 174 g/mol. The molecule has 1 heterocycles. The van der Waals surface area contributed by atoms with Gasteiger partial charge in [-0.05, 0) is 23.8 Å². The number of benzene rings is 1. The molecule has 0 bridgehead atoms. The van der Waals surface area contributed by atoms with E-state index in [0.29, 0.717) is 0 Å². The summed E-state index contributed by atoms with van der Waals surface area (Å²) >= 11 is 0.